The number of amides is 2. The normalized spacial score (nSPS) is 14.2. The van der Waals surface area contributed by atoms with E-state index < -0.39 is 0 Å². The van der Waals surface area contributed by atoms with E-state index in [1.165, 1.54) is 11.8 Å². The van der Waals surface area contributed by atoms with Crippen LogP contribution in [0.4, 0.5) is 0 Å². The van der Waals surface area contributed by atoms with Crippen molar-refractivity contribution >= 4 is 23.6 Å². The molecule has 2 rings (SSSR count). The Morgan fingerprint density at radius 1 is 1.23 bits per heavy atom. The van der Waals surface area contributed by atoms with Gasteiger partial charge in [-0.1, -0.05) is 6.07 Å². The van der Waals surface area contributed by atoms with Crippen LogP contribution in [-0.2, 0) is 0 Å². The number of imide groups is 1. The van der Waals surface area contributed by atoms with Crippen molar-refractivity contribution in [3.63, 3.8) is 0 Å². The van der Waals surface area contributed by atoms with Crippen molar-refractivity contribution < 1.29 is 9.59 Å². The smallest absolute Gasteiger partial charge is 0.260 e. The second-order valence-corrected chi connectivity index (χ2v) is 3.51. The summed E-state index contributed by atoms with van der Waals surface area (Å²) in [5.41, 5.74) is 0.997. The molecule has 3 nitrogen and oxygen atoms in total. The Kier molecular flexibility index (Phi) is 1.84. The zero-order valence-electron chi connectivity index (χ0n) is 6.96. The highest BCUT2D eigenvalue weighted by Crippen LogP contribution is 2.26. The molecule has 1 N–H and O–H groups in total. The largest absolute Gasteiger partial charge is 0.288 e. The SMILES string of the molecule is CSc1cccc2c1C(=O)NC2=O. The minimum Gasteiger partial charge on any atom is -0.288 e. The van der Waals surface area contributed by atoms with E-state index in [2.05, 4.69) is 5.32 Å². The lowest BCUT2D eigenvalue weighted by atomic mass is 10.1. The summed E-state index contributed by atoms with van der Waals surface area (Å²) < 4.78 is 0. The van der Waals surface area contributed by atoms with Gasteiger partial charge in [0.05, 0.1) is 11.1 Å². The molecule has 0 radical (unpaired) electrons. The van der Waals surface area contributed by atoms with Gasteiger partial charge in [-0.15, -0.1) is 11.8 Å². The van der Waals surface area contributed by atoms with Crippen molar-refractivity contribution in [2.24, 2.45) is 0 Å². The van der Waals surface area contributed by atoms with Crippen LogP contribution < -0.4 is 5.32 Å². The molecule has 0 spiro atoms. The molecule has 4 heteroatoms. The molecule has 1 aliphatic heterocycles. The van der Waals surface area contributed by atoms with Gasteiger partial charge in [0.1, 0.15) is 0 Å². The van der Waals surface area contributed by atoms with E-state index in [1.807, 2.05) is 12.3 Å². The number of hydrogen-bond donors (Lipinski definition) is 1. The molecule has 0 fully saturated rings. The van der Waals surface area contributed by atoms with Crippen LogP contribution >= 0.6 is 11.8 Å². The Hall–Kier alpha value is -1.29. The molecule has 0 saturated carbocycles. The van der Waals surface area contributed by atoms with Gasteiger partial charge in [-0.3, -0.25) is 14.9 Å². The van der Waals surface area contributed by atoms with Gasteiger partial charge in [-0.2, -0.15) is 0 Å². The van der Waals surface area contributed by atoms with Crippen molar-refractivity contribution in [2.45, 2.75) is 4.90 Å². The number of benzene rings is 1. The van der Waals surface area contributed by atoms with Crippen molar-refractivity contribution in [3.05, 3.63) is 29.3 Å². The highest BCUT2D eigenvalue weighted by Gasteiger charge is 2.28. The number of fused-ring (bicyclic) bond motifs is 1. The number of rotatable bonds is 1. The molecule has 1 aromatic carbocycles. The second kappa shape index (κ2) is 2.88. The third kappa shape index (κ3) is 1.14. The van der Waals surface area contributed by atoms with Gasteiger partial charge < -0.3 is 0 Å². The molecule has 1 heterocycles. The summed E-state index contributed by atoms with van der Waals surface area (Å²) in [6, 6.07) is 5.28. The van der Waals surface area contributed by atoms with Crippen LogP contribution in [0.25, 0.3) is 0 Å². The van der Waals surface area contributed by atoms with Crippen molar-refractivity contribution in [3.8, 4) is 0 Å². The number of hydrogen-bond acceptors (Lipinski definition) is 3. The van der Waals surface area contributed by atoms with Crippen LogP contribution in [0.5, 0.6) is 0 Å². The number of carbonyl (C=O) groups is 2. The molecule has 0 unspecified atom stereocenters. The lowest BCUT2D eigenvalue weighted by Gasteiger charge is -2.00. The van der Waals surface area contributed by atoms with Gasteiger partial charge in [-0.05, 0) is 18.4 Å². The van der Waals surface area contributed by atoms with E-state index in [9.17, 15) is 9.59 Å². The van der Waals surface area contributed by atoms with E-state index in [4.69, 9.17) is 0 Å². The molecule has 1 aliphatic rings. The molecule has 0 aromatic heterocycles. The minimum atomic E-state index is -0.295. The Morgan fingerprint density at radius 3 is 2.69 bits per heavy atom. The fourth-order valence-electron chi connectivity index (χ4n) is 1.36. The van der Waals surface area contributed by atoms with Gasteiger partial charge in [0, 0.05) is 4.90 Å². The molecule has 2 amide bonds. The highest BCUT2D eigenvalue weighted by molar-refractivity contribution is 7.98. The lowest BCUT2D eigenvalue weighted by Crippen LogP contribution is -2.20. The first-order valence-electron chi connectivity index (χ1n) is 3.76. The average molecular weight is 193 g/mol. The third-order valence-electron chi connectivity index (χ3n) is 1.94. The van der Waals surface area contributed by atoms with Crippen molar-refractivity contribution in [2.75, 3.05) is 6.26 Å². The number of carbonyl (C=O) groups excluding carboxylic acids is 2. The quantitative estimate of drug-likeness (QED) is 0.540. The Bertz CT molecular complexity index is 401. The maximum Gasteiger partial charge on any atom is 0.260 e. The molecule has 13 heavy (non-hydrogen) atoms. The Balaban J connectivity index is 2.69. The third-order valence-corrected chi connectivity index (χ3v) is 2.72. The summed E-state index contributed by atoms with van der Waals surface area (Å²) in [4.78, 5) is 23.4. The maximum absolute atomic E-state index is 11.3. The Morgan fingerprint density at radius 2 is 2.00 bits per heavy atom. The van der Waals surface area contributed by atoms with E-state index in [-0.39, 0.29) is 11.8 Å². The summed E-state index contributed by atoms with van der Waals surface area (Å²) in [5.74, 6) is -0.583. The first-order valence-corrected chi connectivity index (χ1v) is 4.99. The van der Waals surface area contributed by atoms with E-state index in [1.54, 1.807) is 12.1 Å². The van der Waals surface area contributed by atoms with Crippen LogP contribution in [0.3, 0.4) is 0 Å². The van der Waals surface area contributed by atoms with Crippen LogP contribution in [-0.4, -0.2) is 18.1 Å². The summed E-state index contributed by atoms with van der Waals surface area (Å²) in [7, 11) is 0. The fourth-order valence-corrected chi connectivity index (χ4v) is 1.98. The van der Waals surface area contributed by atoms with Gasteiger partial charge in [0.2, 0.25) is 0 Å². The molecule has 0 bridgehead atoms. The highest BCUT2D eigenvalue weighted by atomic mass is 32.2. The first-order chi connectivity index (χ1) is 6.24. The molecule has 66 valence electrons. The van der Waals surface area contributed by atoms with E-state index in [0.717, 1.165) is 4.90 Å². The van der Waals surface area contributed by atoms with Gasteiger partial charge in [0.15, 0.2) is 0 Å². The Labute approximate surface area is 79.5 Å². The zero-order valence-corrected chi connectivity index (χ0v) is 7.77. The summed E-state index contributed by atoms with van der Waals surface area (Å²) in [6.45, 7) is 0. The minimum absolute atomic E-state index is 0.287. The maximum atomic E-state index is 11.3. The van der Waals surface area contributed by atoms with Crippen molar-refractivity contribution in [1.82, 2.24) is 5.32 Å². The molecule has 0 saturated heterocycles. The average Bonchev–Trinajstić information content (AvgIpc) is 2.43. The molecular weight excluding hydrogens is 186 g/mol. The second-order valence-electron chi connectivity index (χ2n) is 2.67. The zero-order chi connectivity index (χ0) is 9.42. The fraction of sp³-hybridized carbons (Fsp3) is 0.111. The molecule has 0 atom stereocenters. The number of thioether (sulfide) groups is 1. The predicted octanol–water partition coefficient (Wildman–Crippen LogP) is 1.29. The van der Waals surface area contributed by atoms with Gasteiger partial charge in [0.25, 0.3) is 11.8 Å². The van der Waals surface area contributed by atoms with E-state index >= 15 is 0 Å². The number of nitrogens with one attached hydrogen (secondary N) is 1. The lowest BCUT2D eigenvalue weighted by molar-refractivity contribution is 0.0879. The van der Waals surface area contributed by atoms with E-state index in [0.29, 0.717) is 11.1 Å². The van der Waals surface area contributed by atoms with Gasteiger partial charge in [-0.25, -0.2) is 0 Å². The monoisotopic (exact) mass is 193 g/mol. The molecule has 1 aromatic rings. The van der Waals surface area contributed by atoms with Crippen LogP contribution in [0.2, 0.25) is 0 Å². The summed E-state index contributed by atoms with van der Waals surface area (Å²) in [5, 5.41) is 2.27. The van der Waals surface area contributed by atoms with Crippen LogP contribution in [0, 0.1) is 0 Å². The molecular formula is C9H7NO2S. The van der Waals surface area contributed by atoms with Crippen molar-refractivity contribution in [1.29, 1.82) is 0 Å². The summed E-state index contributed by atoms with van der Waals surface area (Å²) in [6.07, 6.45) is 1.88. The topological polar surface area (TPSA) is 46.2 Å². The summed E-state index contributed by atoms with van der Waals surface area (Å²) >= 11 is 1.47. The van der Waals surface area contributed by atoms with Crippen LogP contribution in [0.1, 0.15) is 20.7 Å². The van der Waals surface area contributed by atoms with Crippen LogP contribution in [0.15, 0.2) is 23.1 Å². The first kappa shape index (κ1) is 8.31. The predicted molar refractivity (Wildman–Crippen MR) is 50.0 cm³/mol. The van der Waals surface area contributed by atoms with Gasteiger partial charge >= 0.3 is 0 Å². The standard InChI is InChI=1S/C9H7NO2S/c1-13-6-4-2-3-5-7(6)9(12)10-8(5)11/h2-4H,1H3,(H,10,11,12). The molecule has 0 aliphatic carbocycles.